The predicted octanol–water partition coefficient (Wildman–Crippen LogP) is 2.34. The molecule has 0 saturated carbocycles. The summed E-state index contributed by atoms with van der Waals surface area (Å²) < 4.78 is 7.34. The lowest BCUT2D eigenvalue weighted by molar-refractivity contribution is 0.0954. The molecule has 1 aliphatic rings. The summed E-state index contributed by atoms with van der Waals surface area (Å²) >= 11 is 0. The number of benzene rings is 1. The van der Waals surface area contributed by atoms with Crippen LogP contribution in [0.3, 0.4) is 0 Å². The Morgan fingerprint density at radius 2 is 2.04 bits per heavy atom. The van der Waals surface area contributed by atoms with Crippen molar-refractivity contribution in [3.63, 3.8) is 0 Å². The largest absolute Gasteiger partial charge is 0.352 e. The second-order valence-electron chi connectivity index (χ2n) is 6.72. The number of carbonyl (C=O) groups excluding carboxylic acids is 1. The van der Waals surface area contributed by atoms with Gasteiger partial charge in [0, 0.05) is 37.1 Å². The van der Waals surface area contributed by atoms with Crippen LogP contribution >= 0.6 is 0 Å². The van der Waals surface area contributed by atoms with Gasteiger partial charge in [-0.15, -0.1) is 10.2 Å². The SMILES string of the molecule is Cc1noc(-c2ccc(C(=O)NCCc3nnc4n3CCCCC4)cc2)n1. The summed E-state index contributed by atoms with van der Waals surface area (Å²) in [6.45, 7) is 3.27. The van der Waals surface area contributed by atoms with Gasteiger partial charge >= 0.3 is 0 Å². The zero-order valence-corrected chi connectivity index (χ0v) is 15.3. The fourth-order valence-corrected chi connectivity index (χ4v) is 3.30. The van der Waals surface area contributed by atoms with Crippen molar-refractivity contribution in [2.75, 3.05) is 6.54 Å². The van der Waals surface area contributed by atoms with Gasteiger partial charge in [-0.05, 0) is 44.0 Å². The Bertz CT molecular complexity index is 928. The molecule has 4 rings (SSSR count). The molecule has 0 unspecified atom stereocenters. The van der Waals surface area contributed by atoms with E-state index in [4.69, 9.17) is 4.52 Å². The van der Waals surface area contributed by atoms with Gasteiger partial charge in [0.2, 0.25) is 0 Å². The van der Waals surface area contributed by atoms with E-state index in [1.165, 1.54) is 12.8 Å². The maximum atomic E-state index is 12.4. The Morgan fingerprint density at radius 1 is 1.19 bits per heavy atom. The molecule has 2 aromatic heterocycles. The molecule has 1 N–H and O–H groups in total. The van der Waals surface area contributed by atoms with E-state index in [-0.39, 0.29) is 5.91 Å². The molecule has 1 amide bonds. The summed E-state index contributed by atoms with van der Waals surface area (Å²) in [4.78, 5) is 16.5. The molecule has 0 aliphatic carbocycles. The molecule has 3 aromatic rings. The Hall–Kier alpha value is -3.03. The average molecular weight is 366 g/mol. The van der Waals surface area contributed by atoms with Gasteiger partial charge < -0.3 is 14.4 Å². The van der Waals surface area contributed by atoms with Gasteiger partial charge in [-0.25, -0.2) is 0 Å². The molecule has 3 heterocycles. The van der Waals surface area contributed by atoms with E-state index < -0.39 is 0 Å². The van der Waals surface area contributed by atoms with Crippen LogP contribution in [-0.2, 0) is 19.4 Å². The fourth-order valence-electron chi connectivity index (χ4n) is 3.30. The number of hydrogen-bond donors (Lipinski definition) is 1. The minimum absolute atomic E-state index is 0.112. The maximum Gasteiger partial charge on any atom is 0.257 e. The van der Waals surface area contributed by atoms with Crippen molar-refractivity contribution in [1.82, 2.24) is 30.2 Å². The maximum absolute atomic E-state index is 12.4. The molecule has 1 aliphatic heterocycles. The molecular formula is C19H22N6O2. The third kappa shape index (κ3) is 3.89. The summed E-state index contributed by atoms with van der Waals surface area (Å²) in [5.41, 5.74) is 1.38. The Kier molecular flexibility index (Phi) is 4.95. The highest BCUT2D eigenvalue weighted by atomic mass is 16.5. The number of hydrogen-bond acceptors (Lipinski definition) is 6. The van der Waals surface area contributed by atoms with Crippen LogP contribution < -0.4 is 5.32 Å². The van der Waals surface area contributed by atoms with Gasteiger partial charge in [-0.2, -0.15) is 4.98 Å². The number of fused-ring (bicyclic) bond motifs is 1. The second-order valence-corrected chi connectivity index (χ2v) is 6.72. The van der Waals surface area contributed by atoms with Crippen molar-refractivity contribution in [2.24, 2.45) is 0 Å². The van der Waals surface area contributed by atoms with Gasteiger partial charge in [0.15, 0.2) is 5.82 Å². The quantitative estimate of drug-likeness (QED) is 0.744. The molecule has 0 spiro atoms. The van der Waals surface area contributed by atoms with Crippen LogP contribution in [0.25, 0.3) is 11.5 Å². The lowest BCUT2D eigenvalue weighted by Crippen LogP contribution is -2.26. The van der Waals surface area contributed by atoms with Crippen molar-refractivity contribution < 1.29 is 9.32 Å². The molecule has 8 nitrogen and oxygen atoms in total. The minimum Gasteiger partial charge on any atom is -0.352 e. The third-order valence-corrected chi connectivity index (χ3v) is 4.74. The van der Waals surface area contributed by atoms with Crippen molar-refractivity contribution >= 4 is 5.91 Å². The summed E-state index contributed by atoms with van der Waals surface area (Å²) in [5, 5.41) is 15.3. The molecule has 27 heavy (non-hydrogen) atoms. The summed E-state index contributed by atoms with van der Waals surface area (Å²) in [6, 6.07) is 7.13. The Morgan fingerprint density at radius 3 is 2.81 bits per heavy atom. The van der Waals surface area contributed by atoms with Crippen molar-refractivity contribution in [3.05, 3.63) is 47.3 Å². The van der Waals surface area contributed by atoms with Gasteiger partial charge in [-0.1, -0.05) is 11.6 Å². The number of rotatable bonds is 5. The fraction of sp³-hybridized carbons (Fsp3) is 0.421. The normalized spacial score (nSPS) is 13.8. The van der Waals surface area contributed by atoms with Gasteiger partial charge in [-0.3, -0.25) is 4.79 Å². The molecule has 0 atom stereocenters. The monoisotopic (exact) mass is 366 g/mol. The van der Waals surface area contributed by atoms with Crippen LogP contribution in [0.4, 0.5) is 0 Å². The highest BCUT2D eigenvalue weighted by Gasteiger charge is 2.15. The van der Waals surface area contributed by atoms with Crippen LogP contribution in [0.1, 0.15) is 47.1 Å². The number of amides is 1. The average Bonchev–Trinajstić information content (AvgIpc) is 3.21. The van der Waals surface area contributed by atoms with Crippen LogP contribution in [0, 0.1) is 6.92 Å². The number of aryl methyl sites for hydroxylation is 2. The molecule has 8 heteroatoms. The summed E-state index contributed by atoms with van der Waals surface area (Å²) in [5.74, 6) is 2.94. The number of nitrogens with zero attached hydrogens (tertiary/aromatic N) is 5. The Labute approximate surface area is 157 Å². The summed E-state index contributed by atoms with van der Waals surface area (Å²) in [7, 11) is 0. The van der Waals surface area contributed by atoms with Crippen LogP contribution in [0.5, 0.6) is 0 Å². The number of nitrogens with one attached hydrogen (secondary N) is 1. The highest BCUT2D eigenvalue weighted by Crippen LogP contribution is 2.18. The van der Waals surface area contributed by atoms with E-state index >= 15 is 0 Å². The molecule has 1 aromatic carbocycles. The second kappa shape index (κ2) is 7.69. The molecule has 0 saturated heterocycles. The van der Waals surface area contributed by atoms with Crippen LogP contribution in [-0.4, -0.2) is 37.4 Å². The first-order chi connectivity index (χ1) is 13.2. The molecule has 0 fully saturated rings. The van der Waals surface area contributed by atoms with Gasteiger partial charge in [0.25, 0.3) is 11.8 Å². The zero-order valence-electron chi connectivity index (χ0n) is 15.3. The van der Waals surface area contributed by atoms with Crippen molar-refractivity contribution in [3.8, 4) is 11.5 Å². The third-order valence-electron chi connectivity index (χ3n) is 4.74. The van der Waals surface area contributed by atoms with E-state index in [9.17, 15) is 4.79 Å². The molecule has 0 radical (unpaired) electrons. The van der Waals surface area contributed by atoms with E-state index in [0.717, 1.165) is 36.6 Å². The summed E-state index contributed by atoms with van der Waals surface area (Å²) in [6.07, 6.45) is 5.24. The molecular weight excluding hydrogens is 344 g/mol. The first-order valence-electron chi connectivity index (χ1n) is 9.30. The zero-order chi connectivity index (χ0) is 18.6. The molecule has 140 valence electrons. The van der Waals surface area contributed by atoms with E-state index in [2.05, 4.69) is 30.2 Å². The van der Waals surface area contributed by atoms with Crippen molar-refractivity contribution in [2.45, 2.75) is 45.6 Å². The molecule has 0 bridgehead atoms. The highest BCUT2D eigenvalue weighted by molar-refractivity contribution is 5.94. The number of carbonyl (C=O) groups is 1. The number of aromatic nitrogens is 5. The van der Waals surface area contributed by atoms with Crippen LogP contribution in [0.2, 0.25) is 0 Å². The van der Waals surface area contributed by atoms with Gasteiger partial charge in [0.1, 0.15) is 11.6 Å². The van der Waals surface area contributed by atoms with Crippen LogP contribution in [0.15, 0.2) is 28.8 Å². The van der Waals surface area contributed by atoms with Crippen molar-refractivity contribution in [1.29, 1.82) is 0 Å². The van der Waals surface area contributed by atoms with E-state index in [1.54, 1.807) is 31.2 Å². The predicted molar refractivity (Wildman–Crippen MR) is 98.1 cm³/mol. The Balaban J connectivity index is 1.34. The first-order valence-corrected chi connectivity index (χ1v) is 9.30. The van der Waals surface area contributed by atoms with E-state index in [1.807, 2.05) is 0 Å². The lowest BCUT2D eigenvalue weighted by Gasteiger charge is -2.08. The first kappa shape index (κ1) is 17.4. The minimum atomic E-state index is -0.112. The standard InChI is InChI=1S/C19H22N6O2/c1-13-21-19(27-24-13)15-8-6-14(7-9-15)18(26)20-11-10-17-23-22-16-5-3-2-4-12-25(16)17/h6-9H,2-5,10-12H2,1H3,(H,20,26). The topological polar surface area (TPSA) is 98.7 Å². The lowest BCUT2D eigenvalue weighted by atomic mass is 10.1. The van der Waals surface area contributed by atoms with E-state index in [0.29, 0.717) is 30.2 Å². The van der Waals surface area contributed by atoms with Gasteiger partial charge in [0.05, 0.1) is 0 Å². The smallest absolute Gasteiger partial charge is 0.257 e.